The molecule has 0 unspecified atom stereocenters. The van der Waals surface area contributed by atoms with E-state index in [4.69, 9.17) is 0 Å². The number of aromatic nitrogens is 1. The fourth-order valence-electron chi connectivity index (χ4n) is 2.72. The van der Waals surface area contributed by atoms with Gasteiger partial charge in [0.1, 0.15) is 5.01 Å². The first-order valence-corrected chi connectivity index (χ1v) is 8.39. The van der Waals surface area contributed by atoms with Crippen LogP contribution in [-0.4, -0.2) is 29.5 Å². The number of amides is 2. The van der Waals surface area contributed by atoms with Crippen molar-refractivity contribution in [1.82, 2.24) is 15.2 Å². The predicted octanol–water partition coefficient (Wildman–Crippen LogP) is 3.34. The van der Waals surface area contributed by atoms with E-state index in [0.717, 1.165) is 11.6 Å². The Kier molecular flexibility index (Phi) is 3.96. The Morgan fingerprint density at radius 1 is 1.50 bits per heavy atom. The van der Waals surface area contributed by atoms with Crippen molar-refractivity contribution in [3.05, 3.63) is 16.1 Å². The van der Waals surface area contributed by atoms with Crippen LogP contribution in [-0.2, 0) is 0 Å². The molecule has 2 amide bonds. The summed E-state index contributed by atoms with van der Waals surface area (Å²) in [7, 11) is 1.91. The summed E-state index contributed by atoms with van der Waals surface area (Å²) in [6.45, 7) is 2.95. The Bertz CT molecular complexity index is 479. The van der Waals surface area contributed by atoms with Crippen LogP contribution in [0.25, 0.3) is 0 Å². The lowest BCUT2D eigenvalue weighted by Crippen LogP contribution is -2.43. The average Bonchev–Trinajstić information content (AvgIpc) is 3.12. The van der Waals surface area contributed by atoms with E-state index in [9.17, 15) is 4.79 Å². The molecule has 1 aromatic rings. The van der Waals surface area contributed by atoms with E-state index >= 15 is 0 Å². The highest BCUT2D eigenvalue weighted by Crippen LogP contribution is 2.42. The van der Waals surface area contributed by atoms with Crippen molar-refractivity contribution in [3.63, 3.8) is 0 Å². The lowest BCUT2D eigenvalue weighted by molar-refractivity contribution is 0.178. The van der Waals surface area contributed by atoms with Gasteiger partial charge < -0.3 is 10.2 Å². The molecule has 4 nitrogen and oxygen atoms in total. The molecule has 0 spiro atoms. The van der Waals surface area contributed by atoms with Crippen LogP contribution in [0.15, 0.2) is 6.20 Å². The number of hydrogen-bond donors (Lipinski definition) is 1. The highest BCUT2D eigenvalue weighted by molar-refractivity contribution is 7.11. The normalized spacial score (nSPS) is 20.3. The molecule has 0 saturated heterocycles. The van der Waals surface area contributed by atoms with Crippen molar-refractivity contribution in [3.8, 4) is 0 Å². The molecular formula is C15H23N3OS. The van der Waals surface area contributed by atoms with E-state index < -0.39 is 0 Å². The first-order chi connectivity index (χ1) is 9.63. The minimum atomic E-state index is 0.0571. The molecule has 2 aliphatic rings. The van der Waals surface area contributed by atoms with Crippen LogP contribution in [0.5, 0.6) is 0 Å². The van der Waals surface area contributed by atoms with Gasteiger partial charge in [-0.25, -0.2) is 9.78 Å². The second-order valence-corrected chi connectivity index (χ2v) is 7.52. The smallest absolute Gasteiger partial charge is 0.317 e. The predicted molar refractivity (Wildman–Crippen MR) is 80.8 cm³/mol. The fraction of sp³-hybridized carbons (Fsp3) is 0.733. The molecule has 3 rings (SSSR count). The third-order valence-corrected chi connectivity index (χ3v) is 5.38. The standard InChI is InChI=1S/C15H23N3OS/c1-10-8-16-14(20-10)13(12-6-7-12)17-15(19)18(2)9-11-4-3-5-11/h8,11-13H,3-7,9H2,1-2H3,(H,17,19)/t13-/m0/s1. The molecule has 2 fully saturated rings. The summed E-state index contributed by atoms with van der Waals surface area (Å²) in [5, 5.41) is 4.26. The maximum Gasteiger partial charge on any atom is 0.317 e. The molecule has 5 heteroatoms. The van der Waals surface area contributed by atoms with Crippen LogP contribution in [0.3, 0.4) is 0 Å². The Hall–Kier alpha value is -1.10. The van der Waals surface area contributed by atoms with Gasteiger partial charge in [-0.2, -0.15) is 0 Å². The van der Waals surface area contributed by atoms with E-state index in [1.807, 2.05) is 18.1 Å². The summed E-state index contributed by atoms with van der Waals surface area (Å²) in [5.41, 5.74) is 0. The summed E-state index contributed by atoms with van der Waals surface area (Å²) in [6.07, 6.45) is 8.18. The number of nitrogens with zero attached hydrogens (tertiary/aromatic N) is 2. The zero-order chi connectivity index (χ0) is 14.1. The second kappa shape index (κ2) is 5.72. The SMILES string of the molecule is Cc1cnc([C@@H](NC(=O)N(C)CC2CCC2)C2CC2)s1. The molecule has 2 aliphatic carbocycles. The molecule has 1 atom stereocenters. The number of nitrogens with one attached hydrogen (secondary N) is 1. The first kappa shape index (κ1) is 13.9. The lowest BCUT2D eigenvalue weighted by Gasteiger charge is -2.31. The molecule has 1 aromatic heterocycles. The Morgan fingerprint density at radius 2 is 2.25 bits per heavy atom. The van der Waals surface area contributed by atoms with Gasteiger partial charge in [0.2, 0.25) is 0 Å². The van der Waals surface area contributed by atoms with Crippen LogP contribution < -0.4 is 5.32 Å². The lowest BCUT2D eigenvalue weighted by atomic mass is 9.85. The maximum atomic E-state index is 12.3. The molecule has 1 N–H and O–H groups in total. The Balaban J connectivity index is 1.59. The zero-order valence-corrected chi connectivity index (χ0v) is 13.1. The molecule has 2 saturated carbocycles. The van der Waals surface area contributed by atoms with Crippen molar-refractivity contribution in [2.24, 2.45) is 11.8 Å². The number of hydrogen-bond acceptors (Lipinski definition) is 3. The number of carbonyl (C=O) groups excluding carboxylic acids is 1. The van der Waals surface area contributed by atoms with E-state index in [1.165, 1.54) is 37.0 Å². The summed E-state index contributed by atoms with van der Waals surface area (Å²) < 4.78 is 0. The zero-order valence-electron chi connectivity index (χ0n) is 12.3. The van der Waals surface area contributed by atoms with Gasteiger partial charge in [0.05, 0.1) is 6.04 Å². The second-order valence-electron chi connectivity index (χ2n) is 6.25. The van der Waals surface area contributed by atoms with Gasteiger partial charge in [-0.3, -0.25) is 0 Å². The van der Waals surface area contributed by atoms with Crippen molar-refractivity contribution in [1.29, 1.82) is 0 Å². The minimum Gasteiger partial charge on any atom is -0.328 e. The Labute approximate surface area is 124 Å². The van der Waals surface area contributed by atoms with Crippen LogP contribution in [0.4, 0.5) is 4.79 Å². The van der Waals surface area contributed by atoms with Crippen molar-refractivity contribution in [2.45, 2.75) is 45.1 Å². The van der Waals surface area contributed by atoms with E-state index in [-0.39, 0.29) is 12.1 Å². The molecule has 20 heavy (non-hydrogen) atoms. The van der Waals surface area contributed by atoms with Gasteiger partial charge in [-0.05, 0) is 44.4 Å². The van der Waals surface area contributed by atoms with Crippen LogP contribution in [0.1, 0.15) is 48.0 Å². The van der Waals surface area contributed by atoms with E-state index in [1.54, 1.807) is 11.3 Å². The third-order valence-electron chi connectivity index (χ3n) is 4.38. The van der Waals surface area contributed by atoms with Gasteiger partial charge in [0.25, 0.3) is 0 Å². The van der Waals surface area contributed by atoms with Gasteiger partial charge in [-0.1, -0.05) is 6.42 Å². The van der Waals surface area contributed by atoms with Gasteiger partial charge >= 0.3 is 6.03 Å². The largest absolute Gasteiger partial charge is 0.328 e. The van der Waals surface area contributed by atoms with Crippen LogP contribution in [0, 0.1) is 18.8 Å². The minimum absolute atomic E-state index is 0.0571. The molecule has 0 aliphatic heterocycles. The monoisotopic (exact) mass is 293 g/mol. The third kappa shape index (κ3) is 3.14. The van der Waals surface area contributed by atoms with Gasteiger partial charge in [0, 0.05) is 24.7 Å². The van der Waals surface area contributed by atoms with E-state index in [2.05, 4.69) is 17.2 Å². The molecule has 0 radical (unpaired) electrons. The Morgan fingerprint density at radius 3 is 2.75 bits per heavy atom. The van der Waals surface area contributed by atoms with Crippen molar-refractivity contribution < 1.29 is 4.79 Å². The quantitative estimate of drug-likeness (QED) is 0.905. The summed E-state index contributed by atoms with van der Waals surface area (Å²) in [4.78, 5) is 19.9. The number of rotatable bonds is 5. The number of urea groups is 1. The highest BCUT2D eigenvalue weighted by Gasteiger charge is 2.36. The van der Waals surface area contributed by atoms with Crippen molar-refractivity contribution in [2.75, 3.05) is 13.6 Å². The first-order valence-electron chi connectivity index (χ1n) is 7.57. The maximum absolute atomic E-state index is 12.3. The van der Waals surface area contributed by atoms with Crippen LogP contribution >= 0.6 is 11.3 Å². The molecule has 0 bridgehead atoms. The molecule has 0 aromatic carbocycles. The van der Waals surface area contributed by atoms with Gasteiger partial charge in [-0.15, -0.1) is 11.3 Å². The number of carbonyl (C=O) groups is 1. The summed E-state index contributed by atoms with van der Waals surface area (Å²) in [5.74, 6) is 1.30. The fourth-order valence-corrected chi connectivity index (χ4v) is 3.63. The molecular weight excluding hydrogens is 270 g/mol. The van der Waals surface area contributed by atoms with Crippen molar-refractivity contribution >= 4 is 17.4 Å². The van der Waals surface area contributed by atoms with E-state index in [0.29, 0.717) is 11.8 Å². The van der Waals surface area contributed by atoms with Crippen LogP contribution in [0.2, 0.25) is 0 Å². The highest BCUT2D eigenvalue weighted by atomic mass is 32.1. The number of aryl methyl sites for hydroxylation is 1. The van der Waals surface area contributed by atoms with Gasteiger partial charge in [0.15, 0.2) is 0 Å². The number of thiazole rings is 1. The summed E-state index contributed by atoms with van der Waals surface area (Å²) in [6, 6.07) is 0.173. The molecule has 110 valence electrons. The topological polar surface area (TPSA) is 45.2 Å². The summed E-state index contributed by atoms with van der Waals surface area (Å²) >= 11 is 1.70. The molecule has 1 heterocycles. The average molecular weight is 293 g/mol.